The molecule has 0 aromatic heterocycles. The van der Waals surface area contributed by atoms with Crippen molar-refractivity contribution in [1.29, 1.82) is 0 Å². The van der Waals surface area contributed by atoms with Crippen molar-refractivity contribution in [2.75, 3.05) is 13.2 Å². The van der Waals surface area contributed by atoms with Crippen molar-refractivity contribution in [1.82, 2.24) is 0 Å². The molecule has 0 radical (unpaired) electrons. The van der Waals surface area contributed by atoms with Crippen LogP contribution in [0.2, 0.25) is 0 Å². The van der Waals surface area contributed by atoms with E-state index in [0.29, 0.717) is 13.2 Å². The first-order valence-electron chi connectivity index (χ1n) is 8.33. The highest BCUT2D eigenvalue weighted by Gasteiger charge is 2.73. The van der Waals surface area contributed by atoms with Gasteiger partial charge in [-0.1, -0.05) is 26.7 Å². The third kappa shape index (κ3) is 2.99. The Balaban J connectivity index is 1.62. The zero-order valence-corrected chi connectivity index (χ0v) is 13.2. The molecular weight excluding hydrogens is 288 g/mol. The molecule has 2 saturated heterocycles. The number of carbonyl (C=O) groups excluding carboxylic acids is 2. The van der Waals surface area contributed by atoms with Gasteiger partial charge in [0.05, 0.1) is 13.2 Å². The molecule has 3 rings (SSSR count). The Bertz CT molecular complexity index is 396. The van der Waals surface area contributed by atoms with Gasteiger partial charge in [0.25, 0.3) is 0 Å². The summed E-state index contributed by atoms with van der Waals surface area (Å²) in [5.41, 5.74) is 0. The van der Waals surface area contributed by atoms with Gasteiger partial charge in [0, 0.05) is 0 Å². The molecule has 2 aliphatic heterocycles. The summed E-state index contributed by atoms with van der Waals surface area (Å²) in [5, 5.41) is 0. The Labute approximate surface area is 130 Å². The second-order valence-electron chi connectivity index (χ2n) is 6.22. The average molecular weight is 312 g/mol. The van der Waals surface area contributed by atoms with E-state index in [1.165, 1.54) is 0 Å². The van der Waals surface area contributed by atoms with Crippen LogP contribution in [0.3, 0.4) is 0 Å². The lowest BCUT2D eigenvalue weighted by Crippen LogP contribution is -2.44. The Morgan fingerprint density at radius 2 is 1.18 bits per heavy atom. The van der Waals surface area contributed by atoms with Crippen LogP contribution in [-0.2, 0) is 28.5 Å². The number of carbonyl (C=O) groups is 2. The molecule has 0 N–H and O–H groups in total. The smallest absolute Gasteiger partial charge is 0.312 e. The number of rotatable bonds is 8. The van der Waals surface area contributed by atoms with Crippen LogP contribution in [-0.4, -0.2) is 49.6 Å². The van der Waals surface area contributed by atoms with Gasteiger partial charge in [-0.3, -0.25) is 9.59 Å². The van der Waals surface area contributed by atoms with Crippen LogP contribution in [0.25, 0.3) is 0 Å². The highest BCUT2D eigenvalue weighted by atomic mass is 16.7. The second kappa shape index (κ2) is 6.54. The number of esters is 2. The van der Waals surface area contributed by atoms with E-state index in [1.54, 1.807) is 0 Å². The Kier molecular flexibility index (Phi) is 4.68. The third-order valence-electron chi connectivity index (χ3n) is 4.57. The number of hydrogen-bond acceptors (Lipinski definition) is 6. The van der Waals surface area contributed by atoms with Gasteiger partial charge in [0.15, 0.2) is 0 Å². The topological polar surface area (TPSA) is 77.7 Å². The van der Waals surface area contributed by atoms with Gasteiger partial charge in [-0.15, -0.1) is 0 Å². The maximum absolute atomic E-state index is 12.4. The number of ether oxygens (including phenoxy) is 4. The van der Waals surface area contributed by atoms with Crippen LogP contribution in [0.15, 0.2) is 0 Å². The number of epoxide rings is 2. The maximum atomic E-state index is 12.4. The number of hydrogen-bond donors (Lipinski definition) is 0. The fourth-order valence-corrected chi connectivity index (χ4v) is 3.18. The quantitative estimate of drug-likeness (QED) is 0.383. The molecule has 0 aromatic carbocycles. The summed E-state index contributed by atoms with van der Waals surface area (Å²) in [5.74, 6) is -1.88. The van der Waals surface area contributed by atoms with Crippen molar-refractivity contribution in [2.45, 2.75) is 63.9 Å². The van der Waals surface area contributed by atoms with E-state index < -0.39 is 11.8 Å². The molecule has 1 aliphatic carbocycles. The van der Waals surface area contributed by atoms with Crippen molar-refractivity contribution in [3.63, 3.8) is 0 Å². The van der Waals surface area contributed by atoms with Gasteiger partial charge in [-0.2, -0.15) is 0 Å². The standard InChI is InChI=1S/C16H24O6/c1-3-5-7-19-15(17)9-10(16(18)20-8-6-4-2)12-14(22-12)13-11(9)21-13/h9-14H,3-8H2,1-2H3. The van der Waals surface area contributed by atoms with Gasteiger partial charge < -0.3 is 18.9 Å². The summed E-state index contributed by atoms with van der Waals surface area (Å²) in [6.45, 7) is 4.83. The molecule has 6 unspecified atom stereocenters. The van der Waals surface area contributed by atoms with Gasteiger partial charge in [0.1, 0.15) is 36.3 Å². The van der Waals surface area contributed by atoms with E-state index in [0.717, 1.165) is 25.7 Å². The summed E-state index contributed by atoms with van der Waals surface area (Å²) >= 11 is 0. The zero-order valence-electron chi connectivity index (χ0n) is 13.2. The van der Waals surface area contributed by atoms with E-state index in [2.05, 4.69) is 0 Å². The first-order valence-corrected chi connectivity index (χ1v) is 8.33. The molecule has 0 aromatic rings. The summed E-state index contributed by atoms with van der Waals surface area (Å²) in [7, 11) is 0. The molecule has 6 atom stereocenters. The first kappa shape index (κ1) is 15.7. The monoisotopic (exact) mass is 312 g/mol. The van der Waals surface area contributed by atoms with E-state index in [-0.39, 0.29) is 36.4 Å². The summed E-state index contributed by atoms with van der Waals surface area (Å²) in [4.78, 5) is 24.7. The summed E-state index contributed by atoms with van der Waals surface area (Å²) < 4.78 is 21.7. The highest BCUT2D eigenvalue weighted by molar-refractivity contribution is 5.84. The van der Waals surface area contributed by atoms with Crippen molar-refractivity contribution >= 4 is 11.9 Å². The van der Waals surface area contributed by atoms with Gasteiger partial charge >= 0.3 is 11.9 Å². The molecule has 0 spiro atoms. The minimum Gasteiger partial charge on any atom is -0.465 e. The Morgan fingerprint density at radius 3 is 1.55 bits per heavy atom. The van der Waals surface area contributed by atoms with Crippen molar-refractivity contribution in [3.8, 4) is 0 Å². The zero-order chi connectivity index (χ0) is 15.7. The van der Waals surface area contributed by atoms with Crippen molar-refractivity contribution in [3.05, 3.63) is 0 Å². The lowest BCUT2D eigenvalue weighted by molar-refractivity contribution is -0.163. The van der Waals surface area contributed by atoms with Crippen LogP contribution in [0.4, 0.5) is 0 Å². The molecule has 6 heteroatoms. The van der Waals surface area contributed by atoms with E-state index >= 15 is 0 Å². The van der Waals surface area contributed by atoms with Gasteiger partial charge in [-0.25, -0.2) is 0 Å². The molecule has 3 fully saturated rings. The fourth-order valence-electron chi connectivity index (χ4n) is 3.18. The molecule has 124 valence electrons. The predicted molar refractivity (Wildman–Crippen MR) is 76.0 cm³/mol. The van der Waals surface area contributed by atoms with Crippen LogP contribution in [0, 0.1) is 11.8 Å². The third-order valence-corrected chi connectivity index (χ3v) is 4.57. The van der Waals surface area contributed by atoms with E-state index in [9.17, 15) is 9.59 Å². The van der Waals surface area contributed by atoms with E-state index in [4.69, 9.17) is 18.9 Å². The second-order valence-corrected chi connectivity index (χ2v) is 6.22. The number of unbranched alkanes of at least 4 members (excludes halogenated alkanes) is 2. The SMILES string of the molecule is CCCCOC(=O)C1C2OC2C2OC2C1C(=O)OCCCC. The summed E-state index contributed by atoms with van der Waals surface area (Å²) in [6.07, 6.45) is 2.96. The number of fused-ring (bicyclic) bond motifs is 3. The van der Waals surface area contributed by atoms with Crippen LogP contribution in [0.5, 0.6) is 0 Å². The lowest BCUT2D eigenvalue weighted by Gasteiger charge is -2.23. The van der Waals surface area contributed by atoms with E-state index in [1.807, 2.05) is 13.8 Å². The van der Waals surface area contributed by atoms with Crippen molar-refractivity contribution in [2.24, 2.45) is 11.8 Å². The van der Waals surface area contributed by atoms with Crippen molar-refractivity contribution < 1.29 is 28.5 Å². The Morgan fingerprint density at radius 1 is 0.773 bits per heavy atom. The average Bonchev–Trinajstić information content (AvgIpc) is 3.36. The Hall–Kier alpha value is -1.14. The van der Waals surface area contributed by atoms with Gasteiger partial charge in [0.2, 0.25) is 0 Å². The molecule has 2 heterocycles. The largest absolute Gasteiger partial charge is 0.465 e. The minimum atomic E-state index is -0.584. The van der Waals surface area contributed by atoms with Crippen LogP contribution in [0.1, 0.15) is 39.5 Å². The fraction of sp³-hybridized carbons (Fsp3) is 0.875. The first-order chi connectivity index (χ1) is 10.7. The minimum absolute atomic E-state index is 0.0478. The normalized spacial score (nSPS) is 37.7. The predicted octanol–water partition coefficient (Wildman–Crippen LogP) is 1.45. The summed E-state index contributed by atoms with van der Waals surface area (Å²) in [6, 6.07) is 0. The lowest BCUT2D eigenvalue weighted by atomic mass is 9.79. The molecule has 0 bridgehead atoms. The molecule has 1 saturated carbocycles. The molecule has 6 nitrogen and oxygen atoms in total. The van der Waals surface area contributed by atoms with Gasteiger partial charge in [-0.05, 0) is 12.8 Å². The molecule has 22 heavy (non-hydrogen) atoms. The van der Waals surface area contributed by atoms with Crippen LogP contribution >= 0.6 is 0 Å². The van der Waals surface area contributed by atoms with Crippen LogP contribution < -0.4 is 0 Å². The highest BCUT2D eigenvalue weighted by Crippen LogP contribution is 2.54. The maximum Gasteiger partial charge on any atom is 0.312 e. The molecular formula is C16H24O6. The molecule has 3 aliphatic rings. The molecule has 0 amide bonds.